The summed E-state index contributed by atoms with van der Waals surface area (Å²) in [5.74, 6) is 0.430. The fraction of sp³-hybridized carbons (Fsp3) is 0.300. The zero-order valence-electron chi connectivity index (χ0n) is 18.3. The zero-order chi connectivity index (χ0) is 23.5. The van der Waals surface area contributed by atoms with Crippen LogP contribution in [-0.4, -0.2) is 56.6 Å². The van der Waals surface area contributed by atoms with Gasteiger partial charge < -0.3 is 5.32 Å². The van der Waals surface area contributed by atoms with E-state index in [9.17, 15) is 14.4 Å². The molecule has 0 aliphatic carbocycles. The van der Waals surface area contributed by atoms with Gasteiger partial charge in [-0.1, -0.05) is 0 Å². The van der Waals surface area contributed by atoms with E-state index in [0.29, 0.717) is 11.6 Å². The van der Waals surface area contributed by atoms with Gasteiger partial charge in [-0.3, -0.25) is 14.4 Å². The molecule has 0 aliphatic rings. The second-order valence-corrected chi connectivity index (χ2v) is 7.37. The van der Waals surface area contributed by atoms with Gasteiger partial charge in [0.1, 0.15) is 18.7 Å². The highest BCUT2D eigenvalue weighted by molar-refractivity contribution is 5.79. The lowest BCUT2D eigenvalue weighted by Crippen LogP contribution is -2.39. The van der Waals surface area contributed by atoms with Crippen molar-refractivity contribution in [3.8, 4) is 11.6 Å². The lowest BCUT2D eigenvalue weighted by atomic mass is 10.3. The SMILES string of the molecule is Cc1cc(C)n(-c2ccc(=O)n(C(C)C(=O)NCCn3nc(-n4cncn4)ccc3=O)n2)n1. The van der Waals surface area contributed by atoms with E-state index in [-0.39, 0.29) is 18.6 Å². The van der Waals surface area contributed by atoms with E-state index in [2.05, 4.69) is 30.7 Å². The van der Waals surface area contributed by atoms with E-state index in [4.69, 9.17) is 0 Å². The largest absolute Gasteiger partial charge is 0.352 e. The Bertz CT molecular complexity index is 1400. The molecule has 0 saturated carbocycles. The molecule has 4 rings (SSSR count). The first-order chi connectivity index (χ1) is 15.8. The van der Waals surface area contributed by atoms with Crippen molar-refractivity contribution in [2.45, 2.75) is 33.4 Å². The number of aromatic nitrogens is 9. The molecule has 0 saturated heterocycles. The van der Waals surface area contributed by atoms with Crippen LogP contribution in [0.15, 0.2) is 52.6 Å². The van der Waals surface area contributed by atoms with Crippen LogP contribution in [0.25, 0.3) is 11.6 Å². The summed E-state index contributed by atoms with van der Waals surface area (Å²) in [4.78, 5) is 41.0. The van der Waals surface area contributed by atoms with Gasteiger partial charge in [0.25, 0.3) is 11.1 Å². The van der Waals surface area contributed by atoms with Crippen LogP contribution in [0.3, 0.4) is 0 Å². The summed E-state index contributed by atoms with van der Waals surface area (Å²) in [5.41, 5.74) is 0.931. The van der Waals surface area contributed by atoms with Crippen molar-refractivity contribution < 1.29 is 4.79 Å². The van der Waals surface area contributed by atoms with Crippen LogP contribution in [0.1, 0.15) is 24.4 Å². The third-order valence-electron chi connectivity index (χ3n) is 4.91. The molecule has 4 aromatic heterocycles. The monoisotopic (exact) mass is 450 g/mol. The highest BCUT2D eigenvalue weighted by Crippen LogP contribution is 2.09. The Morgan fingerprint density at radius 1 is 1.03 bits per heavy atom. The predicted molar refractivity (Wildman–Crippen MR) is 116 cm³/mol. The Morgan fingerprint density at radius 2 is 1.79 bits per heavy atom. The molecule has 4 heterocycles. The predicted octanol–water partition coefficient (Wildman–Crippen LogP) is -0.439. The number of nitrogens with zero attached hydrogens (tertiary/aromatic N) is 9. The summed E-state index contributed by atoms with van der Waals surface area (Å²) < 4.78 is 5.35. The molecule has 0 bridgehead atoms. The molecule has 33 heavy (non-hydrogen) atoms. The molecular weight excluding hydrogens is 428 g/mol. The van der Waals surface area contributed by atoms with Crippen LogP contribution in [-0.2, 0) is 11.3 Å². The van der Waals surface area contributed by atoms with Gasteiger partial charge in [-0.25, -0.2) is 23.7 Å². The van der Waals surface area contributed by atoms with Crippen LogP contribution in [0.5, 0.6) is 0 Å². The van der Waals surface area contributed by atoms with Crippen molar-refractivity contribution in [1.82, 2.24) is 49.4 Å². The normalized spacial score (nSPS) is 12.0. The summed E-state index contributed by atoms with van der Waals surface area (Å²) >= 11 is 0. The number of hydrogen-bond acceptors (Lipinski definition) is 8. The third-order valence-corrected chi connectivity index (χ3v) is 4.91. The fourth-order valence-corrected chi connectivity index (χ4v) is 3.26. The smallest absolute Gasteiger partial charge is 0.267 e. The zero-order valence-corrected chi connectivity index (χ0v) is 18.3. The van der Waals surface area contributed by atoms with E-state index in [1.54, 1.807) is 17.7 Å². The van der Waals surface area contributed by atoms with Gasteiger partial charge in [-0.05, 0) is 39.0 Å². The van der Waals surface area contributed by atoms with Crippen molar-refractivity contribution in [2.24, 2.45) is 0 Å². The topological polar surface area (TPSA) is 147 Å². The number of nitrogens with one attached hydrogen (secondary N) is 1. The molecule has 170 valence electrons. The molecule has 1 unspecified atom stereocenters. The minimum atomic E-state index is -0.874. The van der Waals surface area contributed by atoms with Crippen molar-refractivity contribution >= 4 is 5.91 Å². The Morgan fingerprint density at radius 3 is 2.48 bits per heavy atom. The van der Waals surface area contributed by atoms with Crippen molar-refractivity contribution in [3.63, 3.8) is 0 Å². The molecule has 0 aliphatic heterocycles. The number of aryl methyl sites for hydroxylation is 2. The van der Waals surface area contributed by atoms with E-state index in [1.165, 1.54) is 40.2 Å². The molecule has 1 atom stereocenters. The molecule has 0 spiro atoms. The van der Waals surface area contributed by atoms with Crippen molar-refractivity contribution in [2.75, 3.05) is 6.54 Å². The van der Waals surface area contributed by atoms with Gasteiger partial charge in [0.15, 0.2) is 11.6 Å². The highest BCUT2D eigenvalue weighted by atomic mass is 16.2. The van der Waals surface area contributed by atoms with Crippen LogP contribution in [0.4, 0.5) is 0 Å². The minimum Gasteiger partial charge on any atom is -0.352 e. The maximum atomic E-state index is 12.7. The molecule has 0 fully saturated rings. The van der Waals surface area contributed by atoms with E-state index in [0.717, 1.165) is 16.1 Å². The minimum absolute atomic E-state index is 0.128. The molecular formula is C20H22N10O3. The quantitative estimate of drug-likeness (QED) is 0.399. The summed E-state index contributed by atoms with van der Waals surface area (Å²) in [7, 11) is 0. The first-order valence-corrected chi connectivity index (χ1v) is 10.2. The van der Waals surface area contributed by atoms with Gasteiger partial charge in [0, 0.05) is 24.4 Å². The molecule has 0 radical (unpaired) electrons. The molecule has 4 aromatic rings. The number of amides is 1. The van der Waals surface area contributed by atoms with E-state index in [1.807, 2.05) is 19.9 Å². The summed E-state index contributed by atoms with van der Waals surface area (Å²) in [6.45, 7) is 5.57. The standard InChI is InChI=1S/C20H22N10O3/c1-13-10-14(2)29(24-13)17-5-7-19(32)30(26-17)15(3)20(33)22-8-9-27-18(31)6-4-16(25-27)28-12-21-11-23-28/h4-7,10-12,15H,8-9H2,1-3H3,(H,22,33). The number of hydrogen-bond donors (Lipinski definition) is 1. The van der Waals surface area contributed by atoms with Crippen molar-refractivity contribution in [1.29, 1.82) is 0 Å². The lowest BCUT2D eigenvalue weighted by molar-refractivity contribution is -0.124. The van der Waals surface area contributed by atoms with Gasteiger partial charge >= 0.3 is 0 Å². The maximum absolute atomic E-state index is 12.7. The van der Waals surface area contributed by atoms with Crippen LogP contribution in [0, 0.1) is 13.8 Å². The van der Waals surface area contributed by atoms with Crippen molar-refractivity contribution in [3.05, 3.63) is 75.1 Å². The molecule has 13 nitrogen and oxygen atoms in total. The Kier molecular flexibility index (Phi) is 5.93. The highest BCUT2D eigenvalue weighted by Gasteiger charge is 2.18. The summed E-state index contributed by atoms with van der Waals surface area (Å²) in [6.07, 6.45) is 2.82. The second kappa shape index (κ2) is 8.98. The Hall–Kier alpha value is -4.42. The first kappa shape index (κ1) is 21.8. The van der Waals surface area contributed by atoms with E-state index < -0.39 is 17.5 Å². The van der Waals surface area contributed by atoms with Gasteiger partial charge in [-0.15, -0.1) is 10.2 Å². The average Bonchev–Trinajstić information content (AvgIpc) is 3.44. The van der Waals surface area contributed by atoms with Gasteiger partial charge in [-0.2, -0.15) is 10.2 Å². The number of carbonyl (C=O) groups is 1. The average molecular weight is 450 g/mol. The molecule has 0 aromatic carbocycles. The molecule has 1 amide bonds. The maximum Gasteiger partial charge on any atom is 0.267 e. The molecule has 1 N–H and O–H groups in total. The van der Waals surface area contributed by atoms with E-state index >= 15 is 0 Å². The lowest BCUT2D eigenvalue weighted by Gasteiger charge is -2.15. The van der Waals surface area contributed by atoms with Gasteiger partial charge in [0.05, 0.1) is 12.2 Å². The second-order valence-electron chi connectivity index (χ2n) is 7.37. The number of rotatable bonds is 7. The fourth-order valence-electron chi connectivity index (χ4n) is 3.26. The van der Waals surface area contributed by atoms with Crippen LogP contribution < -0.4 is 16.4 Å². The van der Waals surface area contributed by atoms with Crippen LogP contribution in [0.2, 0.25) is 0 Å². The number of carbonyl (C=O) groups excluding carboxylic acids is 1. The Labute approximate surface area is 187 Å². The summed E-state index contributed by atoms with van der Waals surface area (Å²) in [6, 6.07) is 6.82. The van der Waals surface area contributed by atoms with Crippen LogP contribution >= 0.6 is 0 Å². The molecule has 13 heteroatoms. The Balaban J connectivity index is 1.45. The van der Waals surface area contributed by atoms with Gasteiger partial charge in [0.2, 0.25) is 5.91 Å². The summed E-state index contributed by atoms with van der Waals surface area (Å²) in [5, 5.41) is 19.6. The third kappa shape index (κ3) is 4.61. The first-order valence-electron chi connectivity index (χ1n) is 10.2.